The molecule has 1 fully saturated rings. The molecule has 0 atom stereocenters. The molecule has 2 rings (SSSR count). The van der Waals surface area contributed by atoms with Crippen LogP contribution in [0.4, 0.5) is 0 Å². The van der Waals surface area contributed by atoms with Gasteiger partial charge in [-0.25, -0.2) is 0 Å². The summed E-state index contributed by atoms with van der Waals surface area (Å²) in [5.41, 5.74) is 0. The lowest BCUT2D eigenvalue weighted by Crippen LogP contribution is -2.39. The molecule has 1 aliphatic rings. The minimum Gasteiger partial charge on any atom is -0.497 e. The minimum absolute atomic E-state index is 0.0465. The molecule has 0 bridgehead atoms. The first kappa shape index (κ1) is 16.6. The van der Waals surface area contributed by atoms with Crippen LogP contribution in [0.25, 0.3) is 0 Å². The number of likely N-dealkylation sites (tertiary alicyclic amines) is 1. The van der Waals surface area contributed by atoms with Crippen LogP contribution >= 0.6 is 0 Å². The summed E-state index contributed by atoms with van der Waals surface area (Å²) in [6.45, 7) is 5.66. The second kappa shape index (κ2) is 8.63. The number of piperidine rings is 1. The summed E-state index contributed by atoms with van der Waals surface area (Å²) in [5, 5.41) is 0. The van der Waals surface area contributed by atoms with Crippen molar-refractivity contribution in [1.29, 1.82) is 0 Å². The molecule has 0 amide bonds. The Morgan fingerprint density at radius 3 is 2.68 bits per heavy atom. The third-order valence-electron chi connectivity index (χ3n) is 3.92. The van der Waals surface area contributed by atoms with Gasteiger partial charge in [0.15, 0.2) is 0 Å². The number of esters is 1. The van der Waals surface area contributed by atoms with E-state index in [4.69, 9.17) is 14.2 Å². The van der Waals surface area contributed by atoms with Crippen LogP contribution in [0.2, 0.25) is 0 Å². The van der Waals surface area contributed by atoms with Crippen molar-refractivity contribution >= 4 is 5.97 Å². The highest BCUT2D eigenvalue weighted by molar-refractivity contribution is 5.72. The van der Waals surface area contributed by atoms with E-state index in [9.17, 15) is 4.79 Å². The highest BCUT2D eigenvalue weighted by Crippen LogP contribution is 2.20. The quantitative estimate of drug-likeness (QED) is 0.724. The largest absolute Gasteiger partial charge is 0.497 e. The lowest BCUT2D eigenvalue weighted by atomic mass is 9.97. The van der Waals surface area contributed by atoms with Gasteiger partial charge in [-0.15, -0.1) is 0 Å². The van der Waals surface area contributed by atoms with Gasteiger partial charge < -0.3 is 14.2 Å². The molecule has 0 spiro atoms. The average molecular weight is 307 g/mol. The van der Waals surface area contributed by atoms with E-state index in [1.807, 2.05) is 31.2 Å². The van der Waals surface area contributed by atoms with Crippen molar-refractivity contribution in [2.24, 2.45) is 5.92 Å². The standard InChI is InChI=1S/C17H25NO4/c1-3-21-17(19)14-7-9-18(10-8-14)11-12-22-16-6-4-5-15(13-16)20-2/h4-6,13-14H,3,7-12H2,1-2H3. The molecule has 0 unspecified atom stereocenters. The highest BCUT2D eigenvalue weighted by Gasteiger charge is 2.25. The fourth-order valence-electron chi connectivity index (χ4n) is 2.64. The van der Waals surface area contributed by atoms with E-state index in [0.29, 0.717) is 13.2 Å². The molecule has 0 radical (unpaired) electrons. The first-order valence-corrected chi connectivity index (χ1v) is 7.88. The van der Waals surface area contributed by atoms with Gasteiger partial charge in [0.05, 0.1) is 19.6 Å². The lowest BCUT2D eigenvalue weighted by molar-refractivity contribution is -0.149. The molecule has 1 aromatic rings. The molecule has 5 heteroatoms. The van der Waals surface area contributed by atoms with E-state index >= 15 is 0 Å². The van der Waals surface area contributed by atoms with E-state index < -0.39 is 0 Å². The van der Waals surface area contributed by atoms with Crippen molar-refractivity contribution < 1.29 is 19.0 Å². The second-order valence-electron chi connectivity index (χ2n) is 5.40. The monoisotopic (exact) mass is 307 g/mol. The van der Waals surface area contributed by atoms with Crippen molar-refractivity contribution in [2.45, 2.75) is 19.8 Å². The predicted molar refractivity (Wildman–Crippen MR) is 84.3 cm³/mol. The molecule has 1 aliphatic heterocycles. The molecular weight excluding hydrogens is 282 g/mol. The molecule has 0 aliphatic carbocycles. The number of hydrogen-bond acceptors (Lipinski definition) is 5. The van der Waals surface area contributed by atoms with Crippen LogP contribution in [0.3, 0.4) is 0 Å². The van der Waals surface area contributed by atoms with Crippen LogP contribution in [-0.2, 0) is 9.53 Å². The molecule has 22 heavy (non-hydrogen) atoms. The Kier molecular flexibility index (Phi) is 6.52. The van der Waals surface area contributed by atoms with Gasteiger partial charge in [0.25, 0.3) is 0 Å². The van der Waals surface area contributed by atoms with E-state index in [2.05, 4.69) is 4.90 Å². The summed E-state index contributed by atoms with van der Waals surface area (Å²) in [5.74, 6) is 1.64. The van der Waals surface area contributed by atoms with Gasteiger partial charge >= 0.3 is 5.97 Å². The Morgan fingerprint density at radius 1 is 1.27 bits per heavy atom. The number of methoxy groups -OCH3 is 1. The van der Waals surface area contributed by atoms with E-state index in [1.54, 1.807) is 7.11 Å². The Bertz CT molecular complexity index is 469. The number of ether oxygens (including phenoxy) is 3. The average Bonchev–Trinajstić information content (AvgIpc) is 2.56. The summed E-state index contributed by atoms with van der Waals surface area (Å²) in [6, 6.07) is 7.62. The maximum Gasteiger partial charge on any atom is 0.309 e. The maximum atomic E-state index is 11.7. The third-order valence-corrected chi connectivity index (χ3v) is 3.92. The number of carbonyl (C=O) groups is 1. The zero-order valence-electron chi connectivity index (χ0n) is 13.4. The van der Waals surface area contributed by atoms with Crippen molar-refractivity contribution in [3.63, 3.8) is 0 Å². The molecular formula is C17H25NO4. The Morgan fingerprint density at radius 2 is 2.00 bits per heavy atom. The van der Waals surface area contributed by atoms with Gasteiger partial charge in [-0.05, 0) is 45.0 Å². The van der Waals surface area contributed by atoms with Crippen LogP contribution in [0.5, 0.6) is 11.5 Å². The molecule has 5 nitrogen and oxygen atoms in total. The molecule has 1 heterocycles. The lowest BCUT2D eigenvalue weighted by Gasteiger charge is -2.30. The number of benzene rings is 1. The Balaban J connectivity index is 1.67. The van der Waals surface area contributed by atoms with Crippen molar-refractivity contribution in [3.8, 4) is 11.5 Å². The first-order valence-electron chi connectivity index (χ1n) is 7.88. The zero-order chi connectivity index (χ0) is 15.8. The van der Waals surface area contributed by atoms with Gasteiger partial charge in [0.1, 0.15) is 18.1 Å². The summed E-state index contributed by atoms with van der Waals surface area (Å²) in [6.07, 6.45) is 1.75. The third kappa shape index (κ3) is 4.91. The zero-order valence-corrected chi connectivity index (χ0v) is 13.4. The van der Waals surface area contributed by atoms with Crippen molar-refractivity contribution in [1.82, 2.24) is 4.90 Å². The van der Waals surface area contributed by atoms with E-state index in [0.717, 1.165) is 44.0 Å². The smallest absolute Gasteiger partial charge is 0.309 e. The summed E-state index contributed by atoms with van der Waals surface area (Å²) in [7, 11) is 1.65. The molecule has 0 N–H and O–H groups in total. The van der Waals surface area contributed by atoms with Gasteiger partial charge in [-0.3, -0.25) is 9.69 Å². The molecule has 122 valence electrons. The van der Waals surface area contributed by atoms with Gasteiger partial charge in [-0.2, -0.15) is 0 Å². The highest BCUT2D eigenvalue weighted by atomic mass is 16.5. The summed E-state index contributed by atoms with van der Waals surface area (Å²) < 4.78 is 16.0. The van der Waals surface area contributed by atoms with Crippen LogP contribution in [0.15, 0.2) is 24.3 Å². The Labute approximate surface area is 132 Å². The van der Waals surface area contributed by atoms with Gasteiger partial charge in [0.2, 0.25) is 0 Å². The fourth-order valence-corrected chi connectivity index (χ4v) is 2.64. The predicted octanol–water partition coefficient (Wildman–Crippen LogP) is 2.35. The number of rotatable bonds is 7. The second-order valence-corrected chi connectivity index (χ2v) is 5.40. The molecule has 0 saturated carbocycles. The number of nitrogens with zero attached hydrogens (tertiary/aromatic N) is 1. The molecule has 1 aromatic carbocycles. The number of carbonyl (C=O) groups excluding carboxylic acids is 1. The van der Waals surface area contributed by atoms with Gasteiger partial charge in [0, 0.05) is 12.6 Å². The topological polar surface area (TPSA) is 48.0 Å². The summed E-state index contributed by atoms with van der Waals surface area (Å²) >= 11 is 0. The molecule has 1 saturated heterocycles. The molecule has 0 aromatic heterocycles. The van der Waals surface area contributed by atoms with Crippen molar-refractivity contribution in [3.05, 3.63) is 24.3 Å². The minimum atomic E-state index is -0.0465. The SMILES string of the molecule is CCOC(=O)C1CCN(CCOc2cccc(OC)c2)CC1. The summed E-state index contributed by atoms with van der Waals surface area (Å²) in [4.78, 5) is 14.0. The van der Waals surface area contributed by atoms with E-state index in [1.165, 1.54) is 0 Å². The van der Waals surface area contributed by atoms with Crippen molar-refractivity contribution in [2.75, 3.05) is 40.0 Å². The van der Waals surface area contributed by atoms with Crippen LogP contribution in [0.1, 0.15) is 19.8 Å². The normalized spacial score (nSPS) is 16.3. The first-order chi connectivity index (χ1) is 10.7. The van der Waals surface area contributed by atoms with Crippen LogP contribution in [0, 0.1) is 5.92 Å². The van der Waals surface area contributed by atoms with Gasteiger partial charge in [-0.1, -0.05) is 6.07 Å². The number of hydrogen-bond donors (Lipinski definition) is 0. The Hall–Kier alpha value is -1.75. The maximum absolute atomic E-state index is 11.7. The van der Waals surface area contributed by atoms with Crippen LogP contribution < -0.4 is 9.47 Å². The van der Waals surface area contributed by atoms with Crippen LogP contribution in [-0.4, -0.2) is 50.8 Å². The van der Waals surface area contributed by atoms with E-state index in [-0.39, 0.29) is 11.9 Å². The fraction of sp³-hybridized carbons (Fsp3) is 0.588.